The van der Waals surface area contributed by atoms with E-state index < -0.39 is 11.6 Å². The fourth-order valence-corrected chi connectivity index (χ4v) is 2.75. The summed E-state index contributed by atoms with van der Waals surface area (Å²) in [5, 5.41) is 12.5. The van der Waals surface area contributed by atoms with E-state index in [1.54, 1.807) is 6.07 Å². The highest BCUT2D eigenvalue weighted by molar-refractivity contribution is 7.99. The molecule has 1 aromatic rings. The van der Waals surface area contributed by atoms with Crippen molar-refractivity contribution >= 4 is 11.8 Å². The molecule has 0 saturated carbocycles. The van der Waals surface area contributed by atoms with E-state index in [4.69, 9.17) is 0 Å². The molecule has 1 atom stereocenters. The molecular formula is C13H19F2NOS. The molecule has 1 unspecified atom stereocenters. The molecule has 0 heterocycles. The first-order valence-electron chi connectivity index (χ1n) is 5.94. The molecule has 18 heavy (non-hydrogen) atoms. The van der Waals surface area contributed by atoms with Crippen molar-refractivity contribution in [2.24, 2.45) is 0 Å². The van der Waals surface area contributed by atoms with E-state index in [0.717, 1.165) is 24.8 Å². The summed E-state index contributed by atoms with van der Waals surface area (Å²) in [5.41, 5.74) is -0.319. The van der Waals surface area contributed by atoms with E-state index >= 15 is 0 Å². The number of halogens is 2. The van der Waals surface area contributed by atoms with Gasteiger partial charge in [-0.3, -0.25) is 0 Å². The van der Waals surface area contributed by atoms with Crippen LogP contribution < -0.4 is 5.32 Å². The summed E-state index contributed by atoms with van der Waals surface area (Å²) in [7, 11) is 0. The maximum Gasteiger partial charge on any atom is 0.159 e. The van der Waals surface area contributed by atoms with Gasteiger partial charge in [-0.2, -0.15) is 0 Å². The Labute approximate surface area is 111 Å². The Morgan fingerprint density at radius 2 is 2.06 bits per heavy atom. The second-order valence-electron chi connectivity index (χ2n) is 4.42. The molecule has 0 saturated heterocycles. The number of hydrogen-bond donors (Lipinski definition) is 2. The SMILES string of the molecule is CCNC(C)(CO)CCSc1ccc(F)c(F)c1. The zero-order valence-electron chi connectivity index (χ0n) is 10.7. The Hall–Kier alpha value is -0.650. The summed E-state index contributed by atoms with van der Waals surface area (Å²) in [6, 6.07) is 3.89. The quantitative estimate of drug-likeness (QED) is 0.751. The van der Waals surface area contributed by atoms with Crippen molar-refractivity contribution in [2.45, 2.75) is 30.7 Å². The van der Waals surface area contributed by atoms with Crippen LogP contribution in [0.25, 0.3) is 0 Å². The average Bonchev–Trinajstić information content (AvgIpc) is 2.34. The highest BCUT2D eigenvalue weighted by Gasteiger charge is 2.21. The molecule has 5 heteroatoms. The van der Waals surface area contributed by atoms with E-state index in [-0.39, 0.29) is 12.1 Å². The molecule has 0 spiro atoms. The second-order valence-corrected chi connectivity index (χ2v) is 5.59. The van der Waals surface area contributed by atoms with Crippen molar-refractivity contribution in [2.75, 3.05) is 18.9 Å². The van der Waals surface area contributed by atoms with Gasteiger partial charge >= 0.3 is 0 Å². The second kappa shape index (κ2) is 7.07. The number of nitrogens with one attached hydrogen (secondary N) is 1. The van der Waals surface area contributed by atoms with Crippen LogP contribution in [0.15, 0.2) is 23.1 Å². The van der Waals surface area contributed by atoms with Gasteiger partial charge in [-0.15, -0.1) is 11.8 Å². The van der Waals surface area contributed by atoms with Gasteiger partial charge in [-0.1, -0.05) is 6.92 Å². The van der Waals surface area contributed by atoms with Gasteiger partial charge in [0.25, 0.3) is 0 Å². The first kappa shape index (κ1) is 15.4. The molecule has 0 amide bonds. The highest BCUT2D eigenvalue weighted by atomic mass is 32.2. The largest absolute Gasteiger partial charge is 0.394 e. The third-order valence-electron chi connectivity index (χ3n) is 2.77. The van der Waals surface area contributed by atoms with E-state index in [0.29, 0.717) is 4.90 Å². The minimum Gasteiger partial charge on any atom is -0.394 e. The molecular weight excluding hydrogens is 256 g/mol. The molecule has 1 rings (SSSR count). The number of aliphatic hydroxyl groups excluding tert-OH is 1. The van der Waals surface area contributed by atoms with Crippen LogP contribution in [0.1, 0.15) is 20.3 Å². The van der Waals surface area contributed by atoms with Crippen molar-refractivity contribution in [3.05, 3.63) is 29.8 Å². The number of rotatable bonds is 7. The van der Waals surface area contributed by atoms with Crippen molar-refractivity contribution in [1.82, 2.24) is 5.32 Å². The van der Waals surface area contributed by atoms with Crippen LogP contribution in [0.3, 0.4) is 0 Å². The minimum absolute atomic E-state index is 0.0547. The Kier molecular flexibility index (Phi) is 6.05. The lowest BCUT2D eigenvalue weighted by Gasteiger charge is -2.28. The molecule has 0 aliphatic rings. The van der Waals surface area contributed by atoms with Crippen LogP contribution in [0, 0.1) is 11.6 Å². The Bertz CT molecular complexity index is 389. The Morgan fingerprint density at radius 3 is 2.61 bits per heavy atom. The monoisotopic (exact) mass is 275 g/mol. The summed E-state index contributed by atoms with van der Waals surface area (Å²) in [6.07, 6.45) is 0.751. The third-order valence-corrected chi connectivity index (χ3v) is 3.76. The molecule has 0 radical (unpaired) electrons. The van der Waals surface area contributed by atoms with Crippen LogP contribution >= 0.6 is 11.8 Å². The smallest absolute Gasteiger partial charge is 0.159 e. The molecule has 0 aliphatic heterocycles. The van der Waals surface area contributed by atoms with E-state index in [2.05, 4.69) is 5.32 Å². The maximum atomic E-state index is 13.0. The average molecular weight is 275 g/mol. The van der Waals surface area contributed by atoms with Gasteiger partial charge in [-0.05, 0) is 43.8 Å². The van der Waals surface area contributed by atoms with Gasteiger partial charge in [0.05, 0.1) is 6.61 Å². The number of likely N-dealkylation sites (N-methyl/N-ethyl adjacent to an activating group) is 1. The normalized spacial score (nSPS) is 14.5. The van der Waals surface area contributed by atoms with Crippen molar-refractivity contribution in [1.29, 1.82) is 0 Å². The van der Waals surface area contributed by atoms with Gasteiger partial charge in [-0.25, -0.2) is 8.78 Å². The van der Waals surface area contributed by atoms with Crippen LogP contribution in [-0.4, -0.2) is 29.5 Å². The van der Waals surface area contributed by atoms with Gasteiger partial charge < -0.3 is 10.4 Å². The predicted octanol–water partition coefficient (Wildman–Crippen LogP) is 2.81. The van der Waals surface area contributed by atoms with E-state index in [1.807, 2.05) is 13.8 Å². The topological polar surface area (TPSA) is 32.3 Å². The summed E-state index contributed by atoms with van der Waals surface area (Å²) >= 11 is 1.45. The number of hydrogen-bond acceptors (Lipinski definition) is 3. The van der Waals surface area contributed by atoms with Crippen LogP contribution in [0.2, 0.25) is 0 Å². The van der Waals surface area contributed by atoms with Crippen LogP contribution in [-0.2, 0) is 0 Å². The zero-order chi connectivity index (χ0) is 13.6. The molecule has 0 aliphatic carbocycles. The highest BCUT2D eigenvalue weighted by Crippen LogP contribution is 2.23. The van der Waals surface area contributed by atoms with Gasteiger partial charge in [0.15, 0.2) is 11.6 Å². The lowest BCUT2D eigenvalue weighted by Crippen LogP contribution is -2.46. The summed E-state index contributed by atoms with van der Waals surface area (Å²) in [6.45, 7) is 4.77. The molecule has 1 aromatic carbocycles. The minimum atomic E-state index is -0.827. The Morgan fingerprint density at radius 1 is 1.33 bits per heavy atom. The number of thioether (sulfide) groups is 1. The van der Waals surface area contributed by atoms with Gasteiger partial charge in [0.2, 0.25) is 0 Å². The molecule has 0 aromatic heterocycles. The van der Waals surface area contributed by atoms with E-state index in [1.165, 1.54) is 17.8 Å². The molecule has 102 valence electrons. The molecule has 2 nitrogen and oxygen atoms in total. The number of aliphatic hydroxyl groups is 1. The molecule has 0 bridgehead atoms. The maximum absolute atomic E-state index is 13.0. The Balaban J connectivity index is 2.47. The van der Waals surface area contributed by atoms with E-state index in [9.17, 15) is 13.9 Å². The van der Waals surface area contributed by atoms with Crippen LogP contribution in [0.5, 0.6) is 0 Å². The summed E-state index contributed by atoms with van der Waals surface area (Å²) < 4.78 is 25.7. The summed E-state index contributed by atoms with van der Waals surface area (Å²) in [5.74, 6) is -0.918. The third kappa shape index (κ3) is 4.55. The zero-order valence-corrected chi connectivity index (χ0v) is 11.5. The molecule has 2 N–H and O–H groups in total. The van der Waals surface area contributed by atoms with Crippen LogP contribution in [0.4, 0.5) is 8.78 Å². The summed E-state index contributed by atoms with van der Waals surface area (Å²) in [4.78, 5) is 0.700. The van der Waals surface area contributed by atoms with Crippen molar-refractivity contribution in [3.63, 3.8) is 0 Å². The molecule has 0 fully saturated rings. The fraction of sp³-hybridized carbons (Fsp3) is 0.538. The van der Waals surface area contributed by atoms with Gasteiger partial charge in [0.1, 0.15) is 0 Å². The van der Waals surface area contributed by atoms with Crippen molar-refractivity contribution < 1.29 is 13.9 Å². The fourth-order valence-electron chi connectivity index (χ4n) is 1.61. The van der Waals surface area contributed by atoms with Gasteiger partial charge in [0, 0.05) is 10.4 Å². The lowest BCUT2D eigenvalue weighted by atomic mass is 10.0. The first-order valence-corrected chi connectivity index (χ1v) is 6.93. The first-order chi connectivity index (χ1) is 8.50. The van der Waals surface area contributed by atoms with Crippen molar-refractivity contribution in [3.8, 4) is 0 Å². The predicted molar refractivity (Wildman–Crippen MR) is 70.9 cm³/mol. The number of benzene rings is 1. The standard InChI is InChI=1S/C13H19F2NOS/c1-3-16-13(2,9-17)6-7-18-10-4-5-11(14)12(15)8-10/h4-5,8,16-17H,3,6-7,9H2,1-2H3. The lowest BCUT2D eigenvalue weighted by molar-refractivity contribution is 0.173.